The standard InChI is InChI=1S/C30H52O6/c1-20(2)10-9-16-27(5)21(31)13-17-30(8,36-27)24-12-11-23(33-24)28(6)19-15-25(35-28)29(7)18-14-22(34-29)26(3,4)32/h10,21-25,31-32H,9,11-19H2,1-8H3/t21-,22-,23-,24-,25+,27+,28-,29+,30-/m1/s1. The van der Waals surface area contributed by atoms with Crippen molar-refractivity contribution >= 4 is 0 Å². The van der Waals surface area contributed by atoms with Crippen LogP contribution < -0.4 is 0 Å². The minimum absolute atomic E-state index is 0.00450. The molecule has 0 unspecified atom stereocenters. The number of rotatable bonds is 7. The quantitative estimate of drug-likeness (QED) is 0.435. The molecule has 4 aliphatic rings. The van der Waals surface area contributed by atoms with Gasteiger partial charge in [-0.3, -0.25) is 0 Å². The molecule has 4 fully saturated rings. The third-order valence-corrected chi connectivity index (χ3v) is 9.76. The van der Waals surface area contributed by atoms with Gasteiger partial charge in [0.15, 0.2) is 0 Å². The molecule has 0 amide bonds. The summed E-state index contributed by atoms with van der Waals surface area (Å²) in [6.45, 7) is 16.5. The summed E-state index contributed by atoms with van der Waals surface area (Å²) in [5, 5.41) is 21.3. The highest BCUT2D eigenvalue weighted by molar-refractivity contribution is 5.06. The molecule has 2 N–H and O–H groups in total. The first-order valence-electron chi connectivity index (χ1n) is 14.3. The predicted molar refractivity (Wildman–Crippen MR) is 141 cm³/mol. The zero-order valence-corrected chi connectivity index (χ0v) is 24.1. The molecule has 208 valence electrons. The fourth-order valence-corrected chi connectivity index (χ4v) is 7.13. The highest BCUT2D eigenvalue weighted by Crippen LogP contribution is 2.50. The van der Waals surface area contributed by atoms with Crippen molar-refractivity contribution in [2.45, 2.75) is 178 Å². The van der Waals surface area contributed by atoms with Crippen LogP contribution in [0.4, 0.5) is 0 Å². The number of aliphatic hydroxyl groups is 2. The minimum Gasteiger partial charge on any atom is -0.390 e. The van der Waals surface area contributed by atoms with Crippen molar-refractivity contribution in [2.24, 2.45) is 0 Å². The van der Waals surface area contributed by atoms with Crippen molar-refractivity contribution in [1.29, 1.82) is 0 Å². The first kappa shape index (κ1) is 28.5. The summed E-state index contributed by atoms with van der Waals surface area (Å²) in [4.78, 5) is 0. The van der Waals surface area contributed by atoms with E-state index in [1.807, 2.05) is 13.8 Å². The van der Waals surface area contributed by atoms with Gasteiger partial charge >= 0.3 is 0 Å². The Morgan fingerprint density at radius 3 is 2.03 bits per heavy atom. The number of hydrogen-bond donors (Lipinski definition) is 2. The molecule has 0 saturated carbocycles. The second-order valence-corrected chi connectivity index (χ2v) is 13.9. The van der Waals surface area contributed by atoms with Gasteiger partial charge in [-0.2, -0.15) is 0 Å². The van der Waals surface area contributed by atoms with Crippen LogP contribution in [0.1, 0.15) is 120 Å². The molecule has 0 aromatic heterocycles. The van der Waals surface area contributed by atoms with E-state index in [9.17, 15) is 10.2 Å². The molecule has 0 aromatic carbocycles. The molecule has 9 atom stereocenters. The highest BCUT2D eigenvalue weighted by Gasteiger charge is 2.57. The van der Waals surface area contributed by atoms with E-state index in [1.165, 1.54) is 5.57 Å². The van der Waals surface area contributed by atoms with Crippen molar-refractivity contribution in [1.82, 2.24) is 0 Å². The second-order valence-electron chi connectivity index (χ2n) is 13.9. The molecule has 4 rings (SSSR count). The average molecular weight is 509 g/mol. The summed E-state index contributed by atoms with van der Waals surface area (Å²) in [5.74, 6) is 0. The van der Waals surface area contributed by atoms with Gasteiger partial charge in [0.25, 0.3) is 0 Å². The van der Waals surface area contributed by atoms with Gasteiger partial charge in [0.2, 0.25) is 0 Å². The van der Waals surface area contributed by atoms with E-state index >= 15 is 0 Å². The first-order chi connectivity index (χ1) is 16.6. The van der Waals surface area contributed by atoms with Crippen molar-refractivity contribution in [2.75, 3.05) is 0 Å². The van der Waals surface area contributed by atoms with E-state index in [1.54, 1.807) is 0 Å². The van der Waals surface area contributed by atoms with Gasteiger partial charge in [0.05, 0.1) is 58.5 Å². The summed E-state index contributed by atoms with van der Waals surface area (Å²) >= 11 is 0. The Morgan fingerprint density at radius 2 is 1.42 bits per heavy atom. The Hall–Kier alpha value is -0.500. The van der Waals surface area contributed by atoms with Crippen LogP contribution in [0, 0.1) is 0 Å². The topological polar surface area (TPSA) is 77.4 Å². The van der Waals surface area contributed by atoms with E-state index in [2.05, 4.69) is 47.6 Å². The number of ether oxygens (including phenoxy) is 4. The molecule has 0 aliphatic carbocycles. The number of aliphatic hydroxyl groups excluding tert-OH is 1. The summed E-state index contributed by atoms with van der Waals surface area (Å²) in [6, 6.07) is 0. The third kappa shape index (κ3) is 5.60. The molecule has 36 heavy (non-hydrogen) atoms. The lowest BCUT2D eigenvalue weighted by Crippen LogP contribution is -2.58. The van der Waals surface area contributed by atoms with E-state index < -0.39 is 22.9 Å². The van der Waals surface area contributed by atoms with E-state index in [-0.39, 0.29) is 35.6 Å². The Balaban J connectivity index is 1.38. The summed E-state index contributed by atoms with van der Waals surface area (Å²) in [7, 11) is 0. The van der Waals surface area contributed by atoms with Gasteiger partial charge in [-0.25, -0.2) is 0 Å². The summed E-state index contributed by atoms with van der Waals surface area (Å²) in [5.41, 5.74) is -1.25. The molecule has 0 radical (unpaired) electrons. The Labute approximate surface area is 219 Å². The zero-order valence-electron chi connectivity index (χ0n) is 24.1. The Morgan fingerprint density at radius 1 is 0.833 bits per heavy atom. The fourth-order valence-electron chi connectivity index (χ4n) is 7.13. The zero-order chi connectivity index (χ0) is 26.6. The van der Waals surface area contributed by atoms with Crippen LogP contribution in [-0.4, -0.2) is 68.7 Å². The minimum atomic E-state index is -0.843. The molecule has 0 spiro atoms. The maximum absolute atomic E-state index is 10.8. The molecule has 0 bridgehead atoms. The molecule has 6 nitrogen and oxygen atoms in total. The van der Waals surface area contributed by atoms with Crippen LogP contribution in [0.5, 0.6) is 0 Å². The molecule has 0 aromatic rings. The second kappa shape index (κ2) is 9.91. The van der Waals surface area contributed by atoms with E-state index in [0.29, 0.717) is 0 Å². The summed E-state index contributed by atoms with van der Waals surface area (Å²) in [6.07, 6.45) is 10.4. The van der Waals surface area contributed by atoms with Crippen LogP contribution >= 0.6 is 0 Å². The summed E-state index contributed by atoms with van der Waals surface area (Å²) < 4.78 is 26.7. The molecular formula is C30H52O6. The van der Waals surface area contributed by atoms with Crippen LogP contribution in [0.2, 0.25) is 0 Å². The normalized spacial score (nSPS) is 47.9. The van der Waals surface area contributed by atoms with E-state index in [0.717, 1.165) is 64.2 Å². The average Bonchev–Trinajstić information content (AvgIpc) is 3.50. The number of hydrogen-bond acceptors (Lipinski definition) is 6. The maximum atomic E-state index is 10.8. The molecule has 4 saturated heterocycles. The lowest BCUT2D eigenvalue weighted by Gasteiger charge is -2.50. The largest absolute Gasteiger partial charge is 0.390 e. The highest BCUT2D eigenvalue weighted by atomic mass is 16.6. The molecular weight excluding hydrogens is 456 g/mol. The van der Waals surface area contributed by atoms with Crippen LogP contribution in [0.3, 0.4) is 0 Å². The van der Waals surface area contributed by atoms with Gasteiger partial charge in [0, 0.05) is 0 Å². The monoisotopic (exact) mass is 508 g/mol. The van der Waals surface area contributed by atoms with Gasteiger partial charge < -0.3 is 29.2 Å². The Kier molecular flexibility index (Phi) is 7.85. The predicted octanol–water partition coefficient (Wildman–Crippen LogP) is 5.62. The van der Waals surface area contributed by atoms with E-state index in [4.69, 9.17) is 18.9 Å². The fraction of sp³-hybridized carbons (Fsp3) is 0.933. The van der Waals surface area contributed by atoms with Crippen molar-refractivity contribution in [3.05, 3.63) is 11.6 Å². The van der Waals surface area contributed by atoms with Crippen molar-refractivity contribution in [3.8, 4) is 0 Å². The Bertz CT molecular complexity index is 817. The van der Waals surface area contributed by atoms with Crippen LogP contribution in [-0.2, 0) is 18.9 Å². The van der Waals surface area contributed by atoms with Crippen molar-refractivity contribution in [3.63, 3.8) is 0 Å². The SMILES string of the molecule is CC(C)=CCC[C@]1(C)O[C@@](C)([C@H]2CC[C@H]([C@@]3(C)CC[C@@H]([C@]4(C)CC[C@H](C(C)(C)O)O4)O3)O2)CC[C@H]1O. The van der Waals surface area contributed by atoms with Gasteiger partial charge in [0.1, 0.15) is 0 Å². The van der Waals surface area contributed by atoms with Gasteiger partial charge in [-0.15, -0.1) is 0 Å². The van der Waals surface area contributed by atoms with Crippen molar-refractivity contribution < 1.29 is 29.2 Å². The van der Waals surface area contributed by atoms with Gasteiger partial charge in [-0.1, -0.05) is 11.6 Å². The lowest BCUT2D eigenvalue weighted by atomic mass is 9.79. The smallest absolute Gasteiger partial charge is 0.0924 e. The van der Waals surface area contributed by atoms with Gasteiger partial charge in [-0.05, 0) is 120 Å². The molecule has 4 aliphatic heterocycles. The molecule has 4 heterocycles. The van der Waals surface area contributed by atoms with Crippen LogP contribution in [0.15, 0.2) is 11.6 Å². The lowest BCUT2D eigenvalue weighted by molar-refractivity contribution is -0.265. The maximum Gasteiger partial charge on any atom is 0.0924 e. The van der Waals surface area contributed by atoms with Crippen LogP contribution in [0.25, 0.3) is 0 Å². The number of allylic oxidation sites excluding steroid dienone is 2. The first-order valence-corrected chi connectivity index (χ1v) is 14.3. The molecule has 6 heteroatoms. The third-order valence-electron chi connectivity index (χ3n) is 9.76.